The Morgan fingerprint density at radius 3 is 2.69 bits per heavy atom. The molecule has 36 heavy (non-hydrogen) atoms. The number of hydrogen-bond acceptors (Lipinski definition) is 10. The third kappa shape index (κ3) is 5.05. The number of thiophene rings is 1. The summed E-state index contributed by atoms with van der Waals surface area (Å²) in [4.78, 5) is 25.5. The summed E-state index contributed by atoms with van der Waals surface area (Å²) in [5.74, 6) is 0.839. The highest BCUT2D eigenvalue weighted by Gasteiger charge is 2.23. The van der Waals surface area contributed by atoms with E-state index < -0.39 is 11.7 Å². The van der Waals surface area contributed by atoms with Crippen LogP contribution < -0.4 is 16.7 Å². The molecule has 11 heteroatoms. The molecule has 4 aromatic rings. The number of nitrogens with one attached hydrogen (secondary N) is 1. The van der Waals surface area contributed by atoms with Crippen LogP contribution in [0.1, 0.15) is 29.2 Å². The number of nitriles is 1. The molecular weight excluding hydrogens is 500 g/mol. The average Bonchev–Trinajstić information content (AvgIpc) is 3.32. The molecule has 3 N–H and O–H groups in total. The van der Waals surface area contributed by atoms with Gasteiger partial charge in [0.15, 0.2) is 0 Å². The lowest BCUT2D eigenvalue weighted by molar-refractivity contribution is 0.0346. The Balaban J connectivity index is 0.00000304. The molecule has 9 nitrogen and oxygen atoms in total. The van der Waals surface area contributed by atoms with Crippen molar-refractivity contribution in [2.24, 2.45) is 0 Å². The molecule has 1 fully saturated rings. The van der Waals surface area contributed by atoms with Crippen molar-refractivity contribution in [1.29, 1.82) is 5.26 Å². The molecule has 0 aliphatic carbocycles. The van der Waals surface area contributed by atoms with E-state index in [2.05, 4.69) is 32.3 Å². The van der Waals surface area contributed by atoms with Gasteiger partial charge in [0.2, 0.25) is 0 Å². The molecule has 1 aliphatic rings. The Hall–Kier alpha value is -3.49. The zero-order valence-electron chi connectivity index (χ0n) is 19.6. The van der Waals surface area contributed by atoms with Crippen molar-refractivity contribution in [3.05, 3.63) is 69.3 Å². The number of nitrogens with zero attached hydrogens (tertiary/aromatic N) is 4. The minimum absolute atomic E-state index is 0. The zero-order chi connectivity index (χ0) is 24.4. The second kappa shape index (κ2) is 11.1. The summed E-state index contributed by atoms with van der Waals surface area (Å²) >= 11 is 1.68. The van der Waals surface area contributed by atoms with Gasteiger partial charge < -0.3 is 20.2 Å². The number of aromatic nitrogens is 2. The molecule has 4 heterocycles. The summed E-state index contributed by atoms with van der Waals surface area (Å²) in [6.45, 7) is 6.02. The molecule has 3 aromatic heterocycles. The van der Waals surface area contributed by atoms with Crippen molar-refractivity contribution in [3.63, 3.8) is 0 Å². The Bertz CT molecular complexity index is 1470. The summed E-state index contributed by atoms with van der Waals surface area (Å²) in [5.41, 5.74) is 6.42. The van der Waals surface area contributed by atoms with E-state index in [4.69, 9.17) is 14.9 Å². The van der Waals surface area contributed by atoms with Crippen LogP contribution in [0.25, 0.3) is 21.2 Å². The number of halogens is 1. The number of benzene rings is 1. The van der Waals surface area contributed by atoms with Crippen molar-refractivity contribution in [2.75, 3.05) is 37.4 Å². The lowest BCUT2D eigenvalue weighted by Crippen LogP contribution is -2.35. The molecule has 0 bridgehead atoms. The fourth-order valence-corrected chi connectivity index (χ4v) is 5.36. The van der Waals surface area contributed by atoms with Gasteiger partial charge in [-0.05, 0) is 25.1 Å². The number of rotatable bonds is 6. The maximum absolute atomic E-state index is 12.9. The SMILES string of the molecule is CC(Nc1ncnc(N)c1C#N)c1oc(=O)c2ccccc2c1-c1ccc(CN2CCOCC2)s1.Cl. The van der Waals surface area contributed by atoms with Gasteiger partial charge >= 0.3 is 5.63 Å². The topological polar surface area (TPSA) is 130 Å². The van der Waals surface area contributed by atoms with Crippen LogP contribution in [0.4, 0.5) is 11.6 Å². The van der Waals surface area contributed by atoms with Gasteiger partial charge in [-0.2, -0.15) is 5.26 Å². The summed E-state index contributed by atoms with van der Waals surface area (Å²) in [6, 6.07) is 13.2. The Morgan fingerprint density at radius 1 is 1.19 bits per heavy atom. The summed E-state index contributed by atoms with van der Waals surface area (Å²) < 4.78 is 11.3. The van der Waals surface area contributed by atoms with E-state index in [0.29, 0.717) is 11.1 Å². The average molecular weight is 525 g/mol. The summed E-state index contributed by atoms with van der Waals surface area (Å²) in [6.07, 6.45) is 1.29. The molecule has 1 atom stereocenters. The van der Waals surface area contributed by atoms with Crippen LogP contribution in [0.15, 0.2) is 51.9 Å². The van der Waals surface area contributed by atoms with Gasteiger partial charge in [0.25, 0.3) is 0 Å². The minimum Gasteiger partial charge on any atom is -0.425 e. The van der Waals surface area contributed by atoms with Crippen LogP contribution in [0.5, 0.6) is 0 Å². The highest BCUT2D eigenvalue weighted by molar-refractivity contribution is 7.15. The first-order valence-corrected chi connectivity index (χ1v) is 12.1. The van der Waals surface area contributed by atoms with Gasteiger partial charge in [-0.15, -0.1) is 23.7 Å². The lowest BCUT2D eigenvalue weighted by atomic mass is 10.0. The van der Waals surface area contributed by atoms with Crippen LogP contribution in [-0.4, -0.2) is 41.2 Å². The largest absolute Gasteiger partial charge is 0.425 e. The second-order valence-corrected chi connectivity index (χ2v) is 9.46. The van der Waals surface area contributed by atoms with Gasteiger partial charge in [-0.1, -0.05) is 18.2 Å². The molecule has 0 amide bonds. The van der Waals surface area contributed by atoms with E-state index >= 15 is 0 Å². The standard InChI is InChI=1S/C25H24N6O3S.ClH/c1-15(30-24-19(12-26)23(27)28-14-29-24)22-21(17-4-2-3-5-18(17)25(32)34-22)20-7-6-16(35-20)13-31-8-10-33-11-9-31;/h2-7,14-15H,8-11,13H2,1H3,(H3,27,28,29,30);1H. The third-order valence-electron chi connectivity index (χ3n) is 5.99. The van der Waals surface area contributed by atoms with Crippen molar-refractivity contribution >= 4 is 46.2 Å². The molecule has 1 aromatic carbocycles. The maximum Gasteiger partial charge on any atom is 0.343 e. The minimum atomic E-state index is -0.478. The van der Waals surface area contributed by atoms with Crippen molar-refractivity contribution in [3.8, 4) is 16.5 Å². The molecule has 1 aliphatic heterocycles. The summed E-state index contributed by atoms with van der Waals surface area (Å²) in [5, 5.41) is 14.0. The lowest BCUT2D eigenvalue weighted by Gasteiger charge is -2.25. The molecule has 0 saturated carbocycles. The van der Waals surface area contributed by atoms with Crippen molar-refractivity contribution in [1.82, 2.24) is 14.9 Å². The molecule has 0 radical (unpaired) electrons. The smallest absolute Gasteiger partial charge is 0.343 e. The molecule has 0 spiro atoms. The Labute approximate surface area is 217 Å². The predicted octanol–water partition coefficient (Wildman–Crippen LogP) is 4.19. The normalized spacial score (nSPS) is 14.7. The fraction of sp³-hybridized carbons (Fsp3) is 0.280. The first-order valence-electron chi connectivity index (χ1n) is 11.3. The molecule has 186 valence electrons. The van der Waals surface area contributed by atoms with Gasteiger partial charge in [-0.25, -0.2) is 14.8 Å². The Morgan fingerprint density at radius 2 is 1.94 bits per heavy atom. The number of ether oxygens (including phenoxy) is 1. The number of anilines is 2. The quantitative estimate of drug-likeness (QED) is 0.381. The van der Waals surface area contributed by atoms with E-state index in [9.17, 15) is 10.1 Å². The highest BCUT2D eigenvalue weighted by atomic mass is 35.5. The van der Waals surface area contributed by atoms with Crippen LogP contribution in [-0.2, 0) is 11.3 Å². The van der Waals surface area contributed by atoms with Crippen LogP contribution in [0.3, 0.4) is 0 Å². The maximum atomic E-state index is 12.9. The van der Waals surface area contributed by atoms with E-state index in [1.54, 1.807) is 17.4 Å². The van der Waals surface area contributed by atoms with Crippen molar-refractivity contribution in [2.45, 2.75) is 19.5 Å². The van der Waals surface area contributed by atoms with Crippen LogP contribution in [0, 0.1) is 11.3 Å². The van der Waals surface area contributed by atoms with Crippen LogP contribution in [0.2, 0.25) is 0 Å². The number of nitrogen functional groups attached to an aromatic ring is 1. The van der Waals surface area contributed by atoms with Gasteiger partial charge in [-0.3, -0.25) is 4.90 Å². The van der Waals surface area contributed by atoms with Gasteiger partial charge in [0, 0.05) is 40.3 Å². The summed E-state index contributed by atoms with van der Waals surface area (Å²) in [7, 11) is 0. The predicted molar refractivity (Wildman–Crippen MR) is 142 cm³/mol. The number of fused-ring (bicyclic) bond motifs is 1. The van der Waals surface area contributed by atoms with Crippen LogP contribution >= 0.6 is 23.7 Å². The van der Waals surface area contributed by atoms with E-state index in [1.165, 1.54) is 11.2 Å². The van der Waals surface area contributed by atoms with Gasteiger partial charge in [0.05, 0.1) is 24.6 Å². The molecule has 5 rings (SSSR count). The fourth-order valence-electron chi connectivity index (χ4n) is 4.24. The van der Waals surface area contributed by atoms with E-state index in [0.717, 1.165) is 48.7 Å². The Kier molecular flexibility index (Phi) is 7.86. The molecule has 1 saturated heterocycles. The second-order valence-electron chi connectivity index (χ2n) is 8.29. The van der Waals surface area contributed by atoms with E-state index in [1.807, 2.05) is 31.2 Å². The molecular formula is C25H25ClN6O3S. The zero-order valence-corrected chi connectivity index (χ0v) is 21.2. The number of morpholine rings is 1. The number of hydrogen-bond donors (Lipinski definition) is 2. The molecule has 1 unspecified atom stereocenters. The highest BCUT2D eigenvalue weighted by Crippen LogP contribution is 2.39. The first kappa shape index (κ1) is 25.6. The number of nitrogens with two attached hydrogens (primary N) is 1. The third-order valence-corrected chi connectivity index (χ3v) is 7.08. The van der Waals surface area contributed by atoms with Gasteiger partial charge in [0.1, 0.15) is 35.4 Å². The first-order chi connectivity index (χ1) is 17.0. The van der Waals surface area contributed by atoms with E-state index in [-0.39, 0.29) is 29.6 Å². The van der Waals surface area contributed by atoms with Crippen molar-refractivity contribution < 1.29 is 9.15 Å². The monoisotopic (exact) mass is 524 g/mol.